The lowest BCUT2D eigenvalue weighted by Gasteiger charge is -2.12. The fourth-order valence-corrected chi connectivity index (χ4v) is 3.38. The summed E-state index contributed by atoms with van der Waals surface area (Å²) in [7, 11) is 1.65. The first kappa shape index (κ1) is 19.8. The standard InChI is InChI=1S/C23H23FN4O2/c1-14-7-10-16(21(29)11-15-8-9-15)12-19(14)27-23(30)17-13-26-28(22(17)25-2)20-6-4-3-5-18(20)24/h3-7,10,12-13,15,25H,8-9,11H2,1-2H3,(H,27,30). The van der Waals surface area contributed by atoms with Crippen LogP contribution < -0.4 is 10.6 Å². The molecule has 7 heteroatoms. The molecule has 2 N–H and O–H groups in total. The van der Waals surface area contributed by atoms with Gasteiger partial charge in [-0.15, -0.1) is 0 Å². The topological polar surface area (TPSA) is 76.0 Å². The number of nitrogens with one attached hydrogen (secondary N) is 2. The maximum Gasteiger partial charge on any atom is 0.261 e. The molecule has 1 saturated carbocycles. The molecule has 1 amide bonds. The van der Waals surface area contributed by atoms with Crippen molar-refractivity contribution in [1.82, 2.24) is 9.78 Å². The van der Waals surface area contributed by atoms with E-state index in [9.17, 15) is 14.0 Å². The lowest BCUT2D eigenvalue weighted by Crippen LogP contribution is -2.15. The van der Waals surface area contributed by atoms with E-state index in [4.69, 9.17) is 0 Å². The number of anilines is 2. The maximum atomic E-state index is 14.2. The maximum absolute atomic E-state index is 14.2. The summed E-state index contributed by atoms with van der Waals surface area (Å²) in [4.78, 5) is 25.4. The highest BCUT2D eigenvalue weighted by atomic mass is 19.1. The summed E-state index contributed by atoms with van der Waals surface area (Å²) in [5.74, 6) is 0.130. The van der Waals surface area contributed by atoms with Gasteiger partial charge in [0.1, 0.15) is 22.9 Å². The van der Waals surface area contributed by atoms with Crippen molar-refractivity contribution >= 4 is 23.2 Å². The van der Waals surface area contributed by atoms with Crippen LogP contribution in [0.1, 0.15) is 45.5 Å². The monoisotopic (exact) mass is 406 g/mol. The van der Waals surface area contributed by atoms with Crippen molar-refractivity contribution < 1.29 is 14.0 Å². The average Bonchev–Trinajstić information content (AvgIpc) is 3.44. The van der Waals surface area contributed by atoms with E-state index >= 15 is 0 Å². The van der Waals surface area contributed by atoms with Crippen molar-refractivity contribution in [3.63, 3.8) is 0 Å². The fourth-order valence-electron chi connectivity index (χ4n) is 3.38. The molecule has 2 aromatic carbocycles. The number of rotatable bonds is 7. The molecule has 30 heavy (non-hydrogen) atoms. The van der Waals surface area contributed by atoms with Gasteiger partial charge in [0.15, 0.2) is 5.78 Å². The van der Waals surface area contributed by atoms with Gasteiger partial charge in [0.05, 0.1) is 6.20 Å². The van der Waals surface area contributed by atoms with Crippen molar-refractivity contribution in [3.05, 3.63) is 71.2 Å². The van der Waals surface area contributed by atoms with Gasteiger partial charge in [-0.3, -0.25) is 9.59 Å². The molecule has 4 rings (SSSR count). The third-order valence-electron chi connectivity index (χ3n) is 5.31. The minimum absolute atomic E-state index is 0.0938. The largest absolute Gasteiger partial charge is 0.372 e. The molecule has 1 aliphatic carbocycles. The van der Waals surface area contributed by atoms with Crippen LogP contribution in [0.25, 0.3) is 5.69 Å². The molecule has 0 saturated heterocycles. The molecule has 0 atom stereocenters. The third kappa shape index (κ3) is 3.96. The minimum Gasteiger partial charge on any atom is -0.372 e. The molecule has 1 aromatic heterocycles. The van der Waals surface area contributed by atoms with Gasteiger partial charge < -0.3 is 10.6 Å². The Kier molecular flexibility index (Phi) is 5.35. The van der Waals surface area contributed by atoms with Gasteiger partial charge in [0.25, 0.3) is 5.91 Å². The molecular weight excluding hydrogens is 383 g/mol. The summed E-state index contributed by atoms with van der Waals surface area (Å²) in [6.45, 7) is 1.87. The summed E-state index contributed by atoms with van der Waals surface area (Å²) in [6, 6.07) is 11.6. The number of halogens is 1. The van der Waals surface area contributed by atoms with Gasteiger partial charge in [-0.25, -0.2) is 9.07 Å². The Morgan fingerprint density at radius 2 is 1.97 bits per heavy atom. The summed E-state index contributed by atoms with van der Waals surface area (Å²) in [6.07, 6.45) is 4.17. The number of hydrogen-bond donors (Lipinski definition) is 2. The van der Waals surface area contributed by atoms with Crippen LogP contribution in [0.4, 0.5) is 15.9 Å². The molecular formula is C23H23FN4O2. The van der Waals surface area contributed by atoms with Crippen LogP contribution in [-0.2, 0) is 0 Å². The number of aromatic nitrogens is 2. The smallest absolute Gasteiger partial charge is 0.261 e. The Hall–Kier alpha value is -3.48. The first-order valence-electron chi connectivity index (χ1n) is 9.94. The van der Waals surface area contributed by atoms with Gasteiger partial charge in [-0.1, -0.05) is 24.3 Å². The van der Waals surface area contributed by atoms with Crippen LogP contribution in [-0.4, -0.2) is 28.5 Å². The van der Waals surface area contributed by atoms with E-state index in [0.29, 0.717) is 29.4 Å². The van der Waals surface area contributed by atoms with E-state index in [0.717, 1.165) is 18.4 Å². The first-order chi connectivity index (χ1) is 14.5. The lowest BCUT2D eigenvalue weighted by molar-refractivity contribution is 0.0974. The number of nitrogens with zero attached hydrogens (tertiary/aromatic N) is 2. The molecule has 0 spiro atoms. The van der Waals surface area contributed by atoms with E-state index in [-0.39, 0.29) is 17.0 Å². The summed E-state index contributed by atoms with van der Waals surface area (Å²) < 4.78 is 15.5. The van der Waals surface area contributed by atoms with E-state index in [1.54, 1.807) is 37.4 Å². The zero-order valence-electron chi connectivity index (χ0n) is 16.9. The summed E-state index contributed by atoms with van der Waals surface area (Å²) in [5.41, 5.74) is 2.53. The number of hydrogen-bond acceptors (Lipinski definition) is 4. The van der Waals surface area contributed by atoms with Crippen molar-refractivity contribution in [3.8, 4) is 5.69 Å². The number of ketones is 1. The normalized spacial score (nSPS) is 13.2. The van der Waals surface area contributed by atoms with Crippen LogP contribution >= 0.6 is 0 Å². The predicted octanol–water partition coefficient (Wildman–Crippen LogP) is 4.60. The molecule has 3 aromatic rings. The number of para-hydroxylation sites is 1. The Labute approximate surface area is 174 Å². The van der Waals surface area contributed by atoms with Crippen molar-refractivity contribution in [2.75, 3.05) is 17.7 Å². The highest BCUT2D eigenvalue weighted by molar-refractivity contribution is 6.08. The Balaban J connectivity index is 1.60. The molecule has 0 radical (unpaired) electrons. The Bertz CT molecular complexity index is 1120. The van der Waals surface area contributed by atoms with Crippen LogP contribution in [0, 0.1) is 18.7 Å². The first-order valence-corrected chi connectivity index (χ1v) is 9.94. The van der Waals surface area contributed by atoms with E-state index in [1.807, 2.05) is 13.0 Å². The molecule has 6 nitrogen and oxygen atoms in total. The second-order valence-corrected chi connectivity index (χ2v) is 7.57. The predicted molar refractivity (Wildman–Crippen MR) is 114 cm³/mol. The second kappa shape index (κ2) is 8.10. The summed E-state index contributed by atoms with van der Waals surface area (Å²) in [5, 5.41) is 9.98. The van der Waals surface area contributed by atoms with E-state index in [1.165, 1.54) is 16.9 Å². The highest BCUT2D eigenvalue weighted by Gasteiger charge is 2.25. The Morgan fingerprint density at radius 3 is 2.67 bits per heavy atom. The van der Waals surface area contributed by atoms with Gasteiger partial charge >= 0.3 is 0 Å². The zero-order chi connectivity index (χ0) is 21.3. The van der Waals surface area contributed by atoms with Gasteiger partial charge in [0.2, 0.25) is 0 Å². The van der Waals surface area contributed by atoms with Crippen LogP contribution in [0.2, 0.25) is 0 Å². The fraction of sp³-hybridized carbons (Fsp3) is 0.261. The van der Waals surface area contributed by atoms with E-state index in [2.05, 4.69) is 15.7 Å². The molecule has 0 unspecified atom stereocenters. The van der Waals surface area contributed by atoms with Crippen LogP contribution in [0.5, 0.6) is 0 Å². The van der Waals surface area contributed by atoms with Gasteiger partial charge in [-0.2, -0.15) is 5.10 Å². The number of aryl methyl sites for hydroxylation is 1. The third-order valence-corrected chi connectivity index (χ3v) is 5.31. The molecule has 0 bridgehead atoms. The minimum atomic E-state index is -0.443. The molecule has 154 valence electrons. The molecule has 1 aliphatic rings. The second-order valence-electron chi connectivity index (χ2n) is 7.57. The molecule has 1 fully saturated rings. The van der Waals surface area contributed by atoms with Crippen LogP contribution in [0.3, 0.4) is 0 Å². The summed E-state index contributed by atoms with van der Waals surface area (Å²) >= 11 is 0. The quantitative estimate of drug-likeness (QED) is 0.563. The number of benzene rings is 2. The number of carbonyl (C=O) groups is 2. The SMILES string of the molecule is CNc1c(C(=O)Nc2cc(C(=O)CC3CC3)ccc2C)cnn1-c1ccccc1F. The van der Waals surface area contributed by atoms with Gasteiger partial charge in [0, 0.05) is 24.7 Å². The highest BCUT2D eigenvalue weighted by Crippen LogP contribution is 2.34. The average molecular weight is 406 g/mol. The van der Waals surface area contributed by atoms with Gasteiger partial charge in [-0.05, 0) is 49.4 Å². The van der Waals surface area contributed by atoms with Crippen molar-refractivity contribution in [2.24, 2.45) is 5.92 Å². The number of Topliss-reactive ketones (excluding diaryl/α,β-unsaturated/α-hetero) is 1. The van der Waals surface area contributed by atoms with Crippen molar-refractivity contribution in [2.45, 2.75) is 26.2 Å². The van der Waals surface area contributed by atoms with Crippen LogP contribution in [0.15, 0.2) is 48.7 Å². The molecule has 0 aliphatic heterocycles. The van der Waals surface area contributed by atoms with E-state index < -0.39 is 11.7 Å². The van der Waals surface area contributed by atoms with Crippen molar-refractivity contribution in [1.29, 1.82) is 0 Å². The zero-order valence-corrected chi connectivity index (χ0v) is 16.9. The molecule has 1 heterocycles. The lowest BCUT2D eigenvalue weighted by atomic mass is 10.0. The number of carbonyl (C=O) groups excluding carboxylic acids is 2. The Morgan fingerprint density at radius 1 is 1.20 bits per heavy atom. The number of amides is 1.